The Morgan fingerprint density at radius 3 is 0.674 bits per heavy atom. The molecule has 8 rings (SSSR count). The summed E-state index contributed by atoms with van der Waals surface area (Å²) in [5.74, 6) is 0. The van der Waals surface area contributed by atoms with Gasteiger partial charge in [-0.2, -0.15) is 0 Å². The molecule has 0 saturated heterocycles. The number of hydrogen-bond acceptors (Lipinski definition) is 4. The van der Waals surface area contributed by atoms with Gasteiger partial charge in [-0.05, 0) is 70.8 Å². The first kappa shape index (κ1) is 28.9. The Balaban J connectivity index is 1.37. The second-order valence-corrected chi connectivity index (χ2v) is 15.2. The first-order valence-electron chi connectivity index (χ1n) is 15.2. The minimum atomic E-state index is 1.25. The Kier molecular flexibility index (Phi) is 8.18. The molecule has 0 radical (unpaired) electrons. The van der Waals surface area contributed by atoms with Crippen LogP contribution in [0.4, 0.5) is 0 Å². The minimum absolute atomic E-state index is 1.25. The molecule has 0 amide bonds. The molecule has 4 heterocycles. The lowest BCUT2D eigenvalue weighted by atomic mass is 10.0. The lowest BCUT2D eigenvalue weighted by Crippen LogP contribution is -1.90. The molecule has 46 heavy (non-hydrogen) atoms. The highest BCUT2D eigenvalue weighted by molar-refractivity contribution is 7.21. The Bertz CT molecular complexity index is 1910. The number of benzene rings is 4. The van der Waals surface area contributed by atoms with Gasteiger partial charge in [0, 0.05) is 50.2 Å². The molecule has 0 aliphatic heterocycles. The normalized spacial score (nSPS) is 11.0. The molecule has 0 saturated carbocycles. The molecule has 0 spiro atoms. The Labute approximate surface area is 285 Å². The standard InChI is InChI=1S/C42H28S4/c1-5-13-29(14-6-1)33-21-25-37(43-33)41(38-26-22-34(44-38)30-15-7-2-8-16-30)42(39-27-23-35(45-39)31-17-9-3-10-18-31)40-28-24-36(46-40)32-19-11-4-12-20-32/h1-28H. The Morgan fingerprint density at radius 2 is 0.457 bits per heavy atom. The van der Waals surface area contributed by atoms with E-state index in [1.54, 1.807) is 0 Å². The fourth-order valence-electron chi connectivity index (χ4n) is 5.65. The van der Waals surface area contributed by atoms with Crippen LogP contribution in [0.5, 0.6) is 0 Å². The summed E-state index contributed by atoms with van der Waals surface area (Å²) in [5.41, 5.74) is 7.59. The van der Waals surface area contributed by atoms with Gasteiger partial charge < -0.3 is 0 Å². The van der Waals surface area contributed by atoms with Gasteiger partial charge in [0.1, 0.15) is 0 Å². The fraction of sp³-hybridized carbons (Fsp3) is 0. The van der Waals surface area contributed by atoms with Crippen LogP contribution in [0.15, 0.2) is 170 Å². The van der Waals surface area contributed by atoms with Crippen molar-refractivity contribution in [3.63, 3.8) is 0 Å². The van der Waals surface area contributed by atoms with E-state index in [-0.39, 0.29) is 0 Å². The van der Waals surface area contributed by atoms with Gasteiger partial charge in [-0.25, -0.2) is 0 Å². The molecule has 8 aromatic rings. The van der Waals surface area contributed by atoms with E-state index >= 15 is 0 Å². The molecule has 4 aromatic heterocycles. The summed E-state index contributed by atoms with van der Waals surface area (Å²) in [5, 5.41) is 0. The first-order chi connectivity index (χ1) is 22.8. The summed E-state index contributed by atoms with van der Waals surface area (Å²) < 4.78 is 0. The van der Waals surface area contributed by atoms with Gasteiger partial charge in [-0.3, -0.25) is 0 Å². The molecule has 0 aliphatic rings. The number of hydrogen-bond donors (Lipinski definition) is 0. The highest BCUT2D eigenvalue weighted by Gasteiger charge is 2.23. The van der Waals surface area contributed by atoms with Gasteiger partial charge in [0.15, 0.2) is 0 Å². The van der Waals surface area contributed by atoms with Crippen LogP contribution in [0.2, 0.25) is 0 Å². The smallest absolute Gasteiger partial charge is 0.0370 e. The van der Waals surface area contributed by atoms with Crippen LogP contribution in [0.25, 0.3) is 52.9 Å². The molecular weight excluding hydrogens is 633 g/mol. The van der Waals surface area contributed by atoms with Crippen LogP contribution in [0.1, 0.15) is 19.5 Å². The molecular formula is C42H28S4. The van der Waals surface area contributed by atoms with Gasteiger partial charge in [0.25, 0.3) is 0 Å². The second-order valence-electron chi connectivity index (χ2n) is 10.9. The van der Waals surface area contributed by atoms with Crippen molar-refractivity contribution >= 4 is 56.5 Å². The third kappa shape index (κ3) is 5.89. The first-order valence-corrected chi connectivity index (χ1v) is 18.4. The lowest BCUT2D eigenvalue weighted by molar-refractivity contribution is 1.69. The molecule has 0 unspecified atom stereocenters. The maximum absolute atomic E-state index is 2.32. The van der Waals surface area contributed by atoms with Gasteiger partial charge in [-0.15, -0.1) is 45.3 Å². The van der Waals surface area contributed by atoms with E-state index in [0.29, 0.717) is 0 Å². The van der Waals surface area contributed by atoms with Crippen molar-refractivity contribution in [1.82, 2.24) is 0 Å². The van der Waals surface area contributed by atoms with Crippen molar-refractivity contribution in [3.8, 4) is 41.8 Å². The van der Waals surface area contributed by atoms with Crippen LogP contribution >= 0.6 is 45.3 Å². The Morgan fingerprint density at radius 1 is 0.239 bits per heavy atom. The van der Waals surface area contributed by atoms with Gasteiger partial charge in [-0.1, -0.05) is 121 Å². The van der Waals surface area contributed by atoms with Crippen LogP contribution in [0.3, 0.4) is 0 Å². The summed E-state index contributed by atoms with van der Waals surface area (Å²) in [6.07, 6.45) is 0. The van der Waals surface area contributed by atoms with E-state index in [4.69, 9.17) is 0 Å². The van der Waals surface area contributed by atoms with Gasteiger partial charge in [0.2, 0.25) is 0 Å². The fourth-order valence-corrected chi connectivity index (χ4v) is 10.1. The third-order valence-corrected chi connectivity index (χ3v) is 12.5. The van der Waals surface area contributed by atoms with Crippen LogP contribution < -0.4 is 0 Å². The third-order valence-electron chi connectivity index (χ3n) is 7.89. The molecule has 0 atom stereocenters. The predicted molar refractivity (Wildman–Crippen MR) is 204 cm³/mol. The van der Waals surface area contributed by atoms with E-state index < -0.39 is 0 Å². The van der Waals surface area contributed by atoms with Crippen molar-refractivity contribution in [2.24, 2.45) is 0 Å². The molecule has 0 bridgehead atoms. The van der Waals surface area contributed by atoms with Gasteiger partial charge >= 0.3 is 0 Å². The second kappa shape index (κ2) is 13.0. The van der Waals surface area contributed by atoms with Crippen molar-refractivity contribution in [1.29, 1.82) is 0 Å². The predicted octanol–water partition coefficient (Wildman–Crippen LogP) is 13.6. The molecule has 0 aliphatic carbocycles. The Hall–Kier alpha value is -4.58. The van der Waals surface area contributed by atoms with Crippen LogP contribution in [0, 0.1) is 0 Å². The van der Waals surface area contributed by atoms with Crippen molar-refractivity contribution in [2.45, 2.75) is 0 Å². The monoisotopic (exact) mass is 660 g/mol. The molecule has 4 heteroatoms. The summed E-state index contributed by atoms with van der Waals surface area (Å²) in [6.45, 7) is 0. The summed E-state index contributed by atoms with van der Waals surface area (Å²) in [6, 6.07) is 61.4. The van der Waals surface area contributed by atoms with E-state index in [1.165, 1.54) is 72.4 Å². The SMILES string of the molecule is c1ccc(-c2ccc(C(=C(c3ccc(-c4ccccc4)s3)c3ccc(-c4ccccc4)s3)c3ccc(-c4ccccc4)s3)s2)cc1. The van der Waals surface area contributed by atoms with Gasteiger partial charge in [0.05, 0.1) is 0 Å². The average molecular weight is 661 g/mol. The average Bonchev–Trinajstić information content (AvgIpc) is 3.96. The zero-order valence-electron chi connectivity index (χ0n) is 24.8. The molecule has 4 aromatic carbocycles. The highest BCUT2D eigenvalue weighted by atomic mass is 32.1. The molecule has 0 fully saturated rings. The quantitative estimate of drug-likeness (QED) is 0.152. The zero-order chi connectivity index (χ0) is 30.7. The number of thiophene rings is 4. The van der Waals surface area contributed by atoms with Crippen LogP contribution in [-0.2, 0) is 0 Å². The maximum atomic E-state index is 2.32. The van der Waals surface area contributed by atoms with E-state index in [1.807, 2.05) is 45.3 Å². The maximum Gasteiger partial charge on any atom is 0.0370 e. The molecule has 0 N–H and O–H groups in total. The van der Waals surface area contributed by atoms with Crippen molar-refractivity contribution < 1.29 is 0 Å². The highest BCUT2D eigenvalue weighted by Crippen LogP contribution is 2.48. The largest absolute Gasteiger partial charge is 0.135 e. The number of rotatable bonds is 8. The van der Waals surface area contributed by atoms with E-state index in [2.05, 4.69) is 170 Å². The van der Waals surface area contributed by atoms with E-state index in [9.17, 15) is 0 Å². The van der Waals surface area contributed by atoms with Crippen molar-refractivity contribution in [2.75, 3.05) is 0 Å². The van der Waals surface area contributed by atoms with Crippen molar-refractivity contribution in [3.05, 3.63) is 189 Å². The molecule has 0 nitrogen and oxygen atoms in total. The topological polar surface area (TPSA) is 0 Å². The zero-order valence-corrected chi connectivity index (χ0v) is 28.1. The summed E-state index contributed by atoms with van der Waals surface area (Å²) >= 11 is 7.50. The van der Waals surface area contributed by atoms with E-state index in [0.717, 1.165) is 0 Å². The minimum Gasteiger partial charge on any atom is -0.135 e. The molecule has 220 valence electrons. The summed E-state index contributed by atoms with van der Waals surface area (Å²) in [4.78, 5) is 10.2. The van der Waals surface area contributed by atoms with Crippen LogP contribution in [-0.4, -0.2) is 0 Å². The summed E-state index contributed by atoms with van der Waals surface area (Å²) in [7, 11) is 0. The lowest BCUT2D eigenvalue weighted by Gasteiger charge is -2.12.